The zero-order valence-corrected chi connectivity index (χ0v) is 9.21. The molecule has 0 spiro atoms. The zero-order valence-electron chi connectivity index (χ0n) is 9.21. The van der Waals surface area contributed by atoms with E-state index in [0.717, 1.165) is 5.82 Å². The van der Waals surface area contributed by atoms with Gasteiger partial charge in [0.25, 0.3) is 0 Å². The smallest absolute Gasteiger partial charge is 0.356 e. The maximum Gasteiger partial charge on any atom is 0.356 e. The molecule has 0 aliphatic rings. The third-order valence-electron chi connectivity index (χ3n) is 2.28. The SMILES string of the molecule is CN(C)Cc1nc(C(=O)O)c2ccccn12. The number of fused-ring (bicyclic) bond motifs is 1. The van der Waals surface area contributed by atoms with E-state index in [1.54, 1.807) is 6.07 Å². The van der Waals surface area contributed by atoms with Gasteiger partial charge in [-0.3, -0.25) is 0 Å². The second-order valence-electron chi connectivity index (χ2n) is 3.88. The molecule has 0 fully saturated rings. The van der Waals surface area contributed by atoms with Crippen molar-refractivity contribution in [1.29, 1.82) is 0 Å². The Bertz CT molecular complexity index is 531. The minimum Gasteiger partial charge on any atom is -0.476 e. The van der Waals surface area contributed by atoms with Gasteiger partial charge in [0.2, 0.25) is 0 Å². The van der Waals surface area contributed by atoms with Crippen LogP contribution in [0.2, 0.25) is 0 Å². The summed E-state index contributed by atoms with van der Waals surface area (Å²) in [5.74, 6) is -0.258. The van der Waals surface area contributed by atoms with Crippen LogP contribution in [0.15, 0.2) is 24.4 Å². The molecule has 0 bridgehead atoms. The Kier molecular flexibility index (Phi) is 2.62. The van der Waals surface area contributed by atoms with Crippen molar-refractivity contribution >= 4 is 11.5 Å². The van der Waals surface area contributed by atoms with Crippen LogP contribution in [-0.2, 0) is 6.54 Å². The molecular formula is C11H13N3O2. The molecule has 2 heterocycles. The Morgan fingerprint density at radius 1 is 1.50 bits per heavy atom. The first-order valence-electron chi connectivity index (χ1n) is 4.93. The molecule has 2 aromatic heterocycles. The van der Waals surface area contributed by atoms with Gasteiger partial charge in [0.1, 0.15) is 5.82 Å². The molecule has 2 rings (SSSR count). The molecule has 0 aliphatic heterocycles. The average molecular weight is 219 g/mol. The van der Waals surface area contributed by atoms with Crippen molar-refractivity contribution in [1.82, 2.24) is 14.3 Å². The Morgan fingerprint density at radius 3 is 2.88 bits per heavy atom. The Morgan fingerprint density at radius 2 is 2.25 bits per heavy atom. The van der Waals surface area contributed by atoms with Crippen molar-refractivity contribution in [2.24, 2.45) is 0 Å². The van der Waals surface area contributed by atoms with Crippen molar-refractivity contribution < 1.29 is 9.90 Å². The highest BCUT2D eigenvalue weighted by atomic mass is 16.4. The van der Waals surface area contributed by atoms with Crippen LogP contribution >= 0.6 is 0 Å². The van der Waals surface area contributed by atoms with Crippen LogP contribution in [0, 0.1) is 0 Å². The van der Waals surface area contributed by atoms with Crippen LogP contribution in [0.25, 0.3) is 5.52 Å². The van der Waals surface area contributed by atoms with E-state index in [9.17, 15) is 4.79 Å². The summed E-state index contributed by atoms with van der Waals surface area (Å²) in [6.07, 6.45) is 1.83. The summed E-state index contributed by atoms with van der Waals surface area (Å²) in [6.45, 7) is 0.610. The molecule has 0 radical (unpaired) electrons. The molecule has 5 nitrogen and oxygen atoms in total. The van der Waals surface area contributed by atoms with Crippen LogP contribution in [0.5, 0.6) is 0 Å². The quantitative estimate of drug-likeness (QED) is 0.839. The van der Waals surface area contributed by atoms with E-state index < -0.39 is 5.97 Å². The fourth-order valence-corrected chi connectivity index (χ4v) is 1.65. The van der Waals surface area contributed by atoms with Crippen molar-refractivity contribution in [2.45, 2.75) is 6.54 Å². The summed E-state index contributed by atoms with van der Waals surface area (Å²) in [5, 5.41) is 9.04. The number of pyridine rings is 1. The first-order valence-corrected chi connectivity index (χ1v) is 4.93. The topological polar surface area (TPSA) is 57.8 Å². The molecule has 84 valence electrons. The predicted octanol–water partition coefficient (Wildman–Crippen LogP) is 1.09. The number of carboxylic acids is 1. The molecule has 0 aromatic carbocycles. The van der Waals surface area contributed by atoms with Gasteiger partial charge in [-0.1, -0.05) is 6.07 Å². The molecule has 16 heavy (non-hydrogen) atoms. The number of imidazole rings is 1. The maximum atomic E-state index is 11.0. The number of carbonyl (C=O) groups is 1. The zero-order chi connectivity index (χ0) is 11.7. The van der Waals surface area contributed by atoms with E-state index in [4.69, 9.17) is 5.11 Å². The molecule has 0 unspecified atom stereocenters. The fourth-order valence-electron chi connectivity index (χ4n) is 1.65. The molecule has 1 N–H and O–H groups in total. The van der Waals surface area contributed by atoms with Crippen molar-refractivity contribution in [3.8, 4) is 0 Å². The first kappa shape index (κ1) is 10.6. The largest absolute Gasteiger partial charge is 0.476 e. The first-order chi connectivity index (χ1) is 7.59. The van der Waals surface area contributed by atoms with Crippen LogP contribution in [0.1, 0.15) is 16.3 Å². The average Bonchev–Trinajstić information content (AvgIpc) is 2.57. The van der Waals surface area contributed by atoms with Gasteiger partial charge in [-0.15, -0.1) is 0 Å². The molecular weight excluding hydrogens is 206 g/mol. The molecule has 0 saturated carbocycles. The lowest BCUT2D eigenvalue weighted by molar-refractivity contribution is 0.0693. The number of nitrogens with zero attached hydrogens (tertiary/aromatic N) is 3. The second kappa shape index (κ2) is 3.94. The summed E-state index contributed by atoms with van der Waals surface area (Å²) >= 11 is 0. The minimum atomic E-state index is -0.992. The van der Waals surface area contributed by atoms with Crippen LogP contribution in [0.3, 0.4) is 0 Å². The van der Waals surface area contributed by atoms with Gasteiger partial charge >= 0.3 is 5.97 Å². The van der Waals surface area contributed by atoms with Crippen molar-refractivity contribution in [3.05, 3.63) is 35.9 Å². The van der Waals surface area contributed by atoms with Gasteiger partial charge in [-0.2, -0.15) is 0 Å². The molecule has 5 heteroatoms. The Balaban J connectivity index is 2.62. The summed E-state index contributed by atoms with van der Waals surface area (Å²) in [5.41, 5.74) is 0.740. The third-order valence-corrected chi connectivity index (χ3v) is 2.28. The van der Waals surface area contributed by atoms with Crippen LogP contribution < -0.4 is 0 Å². The molecule has 0 atom stereocenters. The van der Waals surface area contributed by atoms with E-state index >= 15 is 0 Å². The van der Waals surface area contributed by atoms with Gasteiger partial charge in [0.15, 0.2) is 5.69 Å². The minimum absolute atomic E-state index is 0.109. The maximum absolute atomic E-state index is 11.0. The highest BCUT2D eigenvalue weighted by Gasteiger charge is 2.15. The van der Waals surface area contributed by atoms with E-state index in [1.165, 1.54) is 0 Å². The monoisotopic (exact) mass is 219 g/mol. The van der Waals surface area contributed by atoms with Gasteiger partial charge in [0.05, 0.1) is 12.1 Å². The summed E-state index contributed by atoms with van der Waals surface area (Å²) in [6, 6.07) is 5.43. The summed E-state index contributed by atoms with van der Waals surface area (Å²) in [7, 11) is 3.84. The summed E-state index contributed by atoms with van der Waals surface area (Å²) in [4.78, 5) is 17.1. The van der Waals surface area contributed by atoms with Crippen LogP contribution in [0.4, 0.5) is 0 Å². The number of hydrogen-bond acceptors (Lipinski definition) is 3. The van der Waals surface area contributed by atoms with Gasteiger partial charge in [-0.25, -0.2) is 9.78 Å². The number of rotatable bonds is 3. The lowest BCUT2D eigenvalue weighted by Gasteiger charge is -2.07. The number of carboxylic acid groups (broad SMARTS) is 1. The summed E-state index contributed by atoms with van der Waals surface area (Å²) < 4.78 is 1.81. The van der Waals surface area contributed by atoms with E-state index in [0.29, 0.717) is 12.1 Å². The fraction of sp³-hybridized carbons (Fsp3) is 0.273. The third kappa shape index (κ3) is 1.77. The predicted molar refractivity (Wildman–Crippen MR) is 59.5 cm³/mol. The number of hydrogen-bond donors (Lipinski definition) is 1. The van der Waals surface area contributed by atoms with E-state index in [2.05, 4.69) is 4.98 Å². The van der Waals surface area contributed by atoms with Gasteiger partial charge in [-0.05, 0) is 26.2 Å². The second-order valence-corrected chi connectivity index (χ2v) is 3.88. The highest BCUT2D eigenvalue weighted by Crippen LogP contribution is 2.13. The Labute approximate surface area is 92.9 Å². The lowest BCUT2D eigenvalue weighted by Crippen LogP contribution is -2.13. The number of aromatic carboxylic acids is 1. The van der Waals surface area contributed by atoms with Gasteiger partial charge < -0.3 is 14.4 Å². The lowest BCUT2D eigenvalue weighted by atomic mass is 10.3. The van der Waals surface area contributed by atoms with Crippen LogP contribution in [-0.4, -0.2) is 39.5 Å². The number of aromatic nitrogens is 2. The van der Waals surface area contributed by atoms with Crippen molar-refractivity contribution in [3.63, 3.8) is 0 Å². The normalized spacial score (nSPS) is 11.2. The van der Waals surface area contributed by atoms with E-state index in [-0.39, 0.29) is 5.69 Å². The van der Waals surface area contributed by atoms with E-state index in [1.807, 2.05) is 41.7 Å². The molecule has 2 aromatic rings. The van der Waals surface area contributed by atoms with Gasteiger partial charge in [0, 0.05) is 6.20 Å². The Hall–Kier alpha value is -1.88. The van der Waals surface area contributed by atoms with Crippen molar-refractivity contribution in [2.75, 3.05) is 14.1 Å². The molecule has 0 amide bonds. The highest BCUT2D eigenvalue weighted by molar-refractivity contribution is 5.93. The standard InChI is InChI=1S/C11H13N3O2/c1-13(2)7-9-12-10(11(15)16)8-5-3-4-6-14(8)9/h3-6H,7H2,1-2H3,(H,15,16). The molecule has 0 aliphatic carbocycles. The molecule has 0 saturated heterocycles.